The van der Waals surface area contributed by atoms with E-state index in [2.05, 4.69) is 29.6 Å². The predicted molar refractivity (Wildman–Crippen MR) is 56.0 cm³/mol. The van der Waals surface area contributed by atoms with Gasteiger partial charge in [0, 0.05) is 12.0 Å². The Morgan fingerprint density at radius 3 is 3.07 bits per heavy atom. The number of quaternary nitrogens is 1. The number of aryl methyl sites for hydroxylation is 1. The van der Waals surface area contributed by atoms with E-state index in [-0.39, 0.29) is 6.61 Å². The van der Waals surface area contributed by atoms with Crippen LogP contribution in [0.3, 0.4) is 0 Å². The van der Waals surface area contributed by atoms with Gasteiger partial charge in [-0.1, -0.05) is 24.3 Å². The zero-order valence-electron chi connectivity index (χ0n) is 8.45. The molecule has 0 aromatic heterocycles. The summed E-state index contributed by atoms with van der Waals surface area (Å²) in [6.45, 7) is 1.09. The molecule has 76 valence electrons. The van der Waals surface area contributed by atoms with Crippen LogP contribution in [0.15, 0.2) is 24.3 Å². The molecule has 0 unspecified atom stereocenters. The minimum Gasteiger partial charge on any atom is -0.391 e. The number of aliphatic hydroxyl groups excluding tert-OH is 1. The minimum atomic E-state index is 0.276. The largest absolute Gasteiger partial charge is 0.391 e. The first kappa shape index (κ1) is 9.69. The van der Waals surface area contributed by atoms with E-state index < -0.39 is 0 Å². The van der Waals surface area contributed by atoms with Gasteiger partial charge in [0.25, 0.3) is 0 Å². The van der Waals surface area contributed by atoms with Crippen LogP contribution in [-0.4, -0.2) is 18.3 Å². The second-order valence-electron chi connectivity index (χ2n) is 3.95. The van der Waals surface area contributed by atoms with E-state index in [1.165, 1.54) is 30.4 Å². The molecule has 14 heavy (non-hydrogen) atoms. The highest BCUT2D eigenvalue weighted by Gasteiger charge is 2.21. The SMILES string of the molecule is OCC[NH2+][C@H]1CCCc2ccccc21. The van der Waals surface area contributed by atoms with Crippen molar-refractivity contribution < 1.29 is 10.4 Å². The lowest BCUT2D eigenvalue weighted by Crippen LogP contribution is -2.86. The van der Waals surface area contributed by atoms with Crippen LogP contribution in [0.4, 0.5) is 0 Å². The van der Waals surface area contributed by atoms with Crippen molar-refractivity contribution in [2.75, 3.05) is 13.2 Å². The van der Waals surface area contributed by atoms with Crippen molar-refractivity contribution in [3.8, 4) is 0 Å². The number of fused-ring (bicyclic) bond motifs is 1. The highest BCUT2D eigenvalue weighted by atomic mass is 16.3. The molecule has 3 N–H and O–H groups in total. The number of rotatable bonds is 3. The van der Waals surface area contributed by atoms with E-state index in [1.807, 2.05) is 0 Å². The molecule has 0 bridgehead atoms. The normalized spacial score (nSPS) is 20.5. The van der Waals surface area contributed by atoms with Crippen LogP contribution < -0.4 is 5.32 Å². The summed E-state index contributed by atoms with van der Waals surface area (Å²) in [5.74, 6) is 0. The molecule has 0 radical (unpaired) electrons. The molecular formula is C12H18NO+. The van der Waals surface area contributed by atoms with Crippen LogP contribution >= 0.6 is 0 Å². The molecule has 1 aromatic rings. The lowest BCUT2D eigenvalue weighted by Gasteiger charge is -2.23. The van der Waals surface area contributed by atoms with Gasteiger partial charge in [-0.3, -0.25) is 0 Å². The molecule has 0 aliphatic heterocycles. The lowest BCUT2D eigenvalue weighted by molar-refractivity contribution is -0.698. The van der Waals surface area contributed by atoms with Crippen molar-refractivity contribution in [1.82, 2.24) is 0 Å². The second kappa shape index (κ2) is 4.58. The molecule has 0 saturated carbocycles. The average Bonchev–Trinajstić information content (AvgIpc) is 2.26. The highest BCUT2D eigenvalue weighted by molar-refractivity contribution is 5.30. The summed E-state index contributed by atoms with van der Waals surface area (Å²) in [5, 5.41) is 11.1. The Morgan fingerprint density at radius 2 is 2.21 bits per heavy atom. The van der Waals surface area contributed by atoms with Gasteiger partial charge in [-0.25, -0.2) is 0 Å². The standard InChI is InChI=1S/C12H17NO/c14-9-8-13-12-7-3-5-10-4-1-2-6-11(10)12/h1-2,4,6,12-14H,3,5,7-9H2/p+1/t12-/m0/s1. The minimum absolute atomic E-state index is 0.276. The second-order valence-corrected chi connectivity index (χ2v) is 3.95. The Balaban J connectivity index is 2.14. The monoisotopic (exact) mass is 192 g/mol. The Kier molecular flexibility index (Phi) is 3.17. The highest BCUT2D eigenvalue weighted by Crippen LogP contribution is 2.26. The van der Waals surface area contributed by atoms with E-state index in [0.29, 0.717) is 6.04 Å². The topological polar surface area (TPSA) is 36.8 Å². The summed E-state index contributed by atoms with van der Waals surface area (Å²) in [5.41, 5.74) is 2.98. The summed E-state index contributed by atoms with van der Waals surface area (Å²) in [6.07, 6.45) is 3.75. The first-order valence-corrected chi connectivity index (χ1v) is 5.44. The number of aliphatic hydroxyl groups is 1. The van der Waals surface area contributed by atoms with E-state index in [1.54, 1.807) is 0 Å². The molecule has 1 aromatic carbocycles. The van der Waals surface area contributed by atoms with Crippen molar-refractivity contribution in [2.45, 2.75) is 25.3 Å². The molecule has 1 aliphatic rings. The van der Waals surface area contributed by atoms with Gasteiger partial charge in [0.1, 0.15) is 6.04 Å². The van der Waals surface area contributed by atoms with Crippen LogP contribution in [0.5, 0.6) is 0 Å². The third-order valence-electron chi connectivity index (χ3n) is 3.00. The summed E-state index contributed by atoms with van der Waals surface area (Å²) in [7, 11) is 0. The molecule has 0 heterocycles. The fourth-order valence-corrected chi connectivity index (χ4v) is 2.31. The quantitative estimate of drug-likeness (QED) is 0.723. The molecule has 2 heteroatoms. The summed E-state index contributed by atoms with van der Waals surface area (Å²) < 4.78 is 0. The molecule has 0 amide bonds. The van der Waals surface area contributed by atoms with Gasteiger partial charge in [0.2, 0.25) is 0 Å². The fourth-order valence-electron chi connectivity index (χ4n) is 2.31. The van der Waals surface area contributed by atoms with Crippen LogP contribution in [0, 0.1) is 0 Å². The molecule has 0 saturated heterocycles. The van der Waals surface area contributed by atoms with Crippen LogP contribution in [0.25, 0.3) is 0 Å². The van der Waals surface area contributed by atoms with Crippen LogP contribution in [0.2, 0.25) is 0 Å². The zero-order chi connectivity index (χ0) is 9.80. The summed E-state index contributed by atoms with van der Waals surface area (Å²) in [6, 6.07) is 9.27. The number of benzene rings is 1. The van der Waals surface area contributed by atoms with E-state index >= 15 is 0 Å². The molecule has 0 spiro atoms. The van der Waals surface area contributed by atoms with Gasteiger partial charge in [-0.2, -0.15) is 0 Å². The van der Waals surface area contributed by atoms with Crippen molar-refractivity contribution in [1.29, 1.82) is 0 Å². The maximum Gasteiger partial charge on any atom is 0.112 e. The van der Waals surface area contributed by atoms with Gasteiger partial charge < -0.3 is 10.4 Å². The van der Waals surface area contributed by atoms with Crippen molar-refractivity contribution in [3.05, 3.63) is 35.4 Å². The number of hydrogen-bond donors (Lipinski definition) is 2. The molecule has 0 fully saturated rings. The molecule has 1 aliphatic carbocycles. The number of nitrogens with two attached hydrogens (primary N) is 1. The third kappa shape index (κ3) is 1.97. The lowest BCUT2D eigenvalue weighted by atomic mass is 9.88. The molecule has 1 atom stereocenters. The first-order chi connectivity index (χ1) is 6.92. The zero-order valence-corrected chi connectivity index (χ0v) is 8.45. The third-order valence-corrected chi connectivity index (χ3v) is 3.00. The first-order valence-electron chi connectivity index (χ1n) is 5.44. The maximum atomic E-state index is 8.81. The van der Waals surface area contributed by atoms with E-state index in [4.69, 9.17) is 5.11 Å². The van der Waals surface area contributed by atoms with Gasteiger partial charge in [0.05, 0.1) is 13.2 Å². The Labute approximate surface area is 85.0 Å². The Morgan fingerprint density at radius 1 is 1.36 bits per heavy atom. The Hall–Kier alpha value is -0.860. The van der Waals surface area contributed by atoms with Crippen molar-refractivity contribution in [3.63, 3.8) is 0 Å². The van der Waals surface area contributed by atoms with Crippen molar-refractivity contribution >= 4 is 0 Å². The van der Waals surface area contributed by atoms with Crippen molar-refractivity contribution in [2.24, 2.45) is 0 Å². The van der Waals surface area contributed by atoms with Gasteiger partial charge >= 0.3 is 0 Å². The summed E-state index contributed by atoms with van der Waals surface area (Å²) >= 11 is 0. The van der Waals surface area contributed by atoms with Gasteiger partial charge in [-0.05, 0) is 18.4 Å². The fraction of sp³-hybridized carbons (Fsp3) is 0.500. The van der Waals surface area contributed by atoms with Gasteiger partial charge in [-0.15, -0.1) is 0 Å². The van der Waals surface area contributed by atoms with Crippen LogP contribution in [-0.2, 0) is 6.42 Å². The molecular weight excluding hydrogens is 174 g/mol. The maximum absolute atomic E-state index is 8.81. The number of hydrogen-bond acceptors (Lipinski definition) is 1. The van der Waals surface area contributed by atoms with E-state index in [9.17, 15) is 0 Å². The molecule has 2 nitrogen and oxygen atoms in total. The molecule has 2 rings (SSSR count). The predicted octanol–water partition coefficient (Wildman–Crippen LogP) is 0.620. The van der Waals surface area contributed by atoms with E-state index in [0.717, 1.165) is 6.54 Å². The average molecular weight is 192 g/mol. The Bertz CT molecular complexity index is 298. The van der Waals surface area contributed by atoms with Gasteiger partial charge in [0.15, 0.2) is 0 Å². The van der Waals surface area contributed by atoms with Crippen LogP contribution in [0.1, 0.15) is 30.0 Å². The smallest absolute Gasteiger partial charge is 0.112 e. The summed E-state index contributed by atoms with van der Waals surface area (Å²) in [4.78, 5) is 0.